The van der Waals surface area contributed by atoms with Crippen LogP contribution in [0.1, 0.15) is 38.3 Å². The Morgan fingerprint density at radius 3 is 2.38 bits per heavy atom. The maximum absolute atomic E-state index is 14.3. The minimum Gasteiger partial charge on any atom is -0.460 e. The average Bonchev–Trinajstić information content (AvgIpc) is 3.10. The van der Waals surface area contributed by atoms with Crippen LogP contribution in [0.15, 0.2) is 42.5 Å². The summed E-state index contributed by atoms with van der Waals surface area (Å²) in [7, 11) is 0. The minimum absolute atomic E-state index is 0.0435. The third-order valence-electron chi connectivity index (χ3n) is 5.25. The lowest BCUT2D eigenvalue weighted by Gasteiger charge is -2.26. The maximum atomic E-state index is 14.3. The molecule has 2 aromatic carbocycles. The first-order valence-electron chi connectivity index (χ1n) is 10.8. The van der Waals surface area contributed by atoms with Crippen molar-refractivity contribution in [3.8, 4) is 0 Å². The van der Waals surface area contributed by atoms with Gasteiger partial charge in [-0.2, -0.15) is 0 Å². The molecule has 34 heavy (non-hydrogen) atoms. The Morgan fingerprint density at radius 1 is 1.09 bits per heavy atom. The number of benzene rings is 2. The molecule has 0 aliphatic carbocycles. The number of rotatable bonds is 7. The van der Waals surface area contributed by atoms with Gasteiger partial charge in [-0.05, 0) is 50.8 Å². The third kappa shape index (κ3) is 6.36. The number of hydrogen-bond acceptors (Lipinski definition) is 5. The molecule has 2 atom stereocenters. The highest BCUT2D eigenvalue weighted by Gasteiger charge is 2.42. The highest BCUT2D eigenvalue weighted by Crippen LogP contribution is 2.26. The normalized spacial score (nSPS) is 16.8. The molecule has 1 aliphatic rings. The molecule has 0 N–H and O–H groups in total. The van der Waals surface area contributed by atoms with Gasteiger partial charge in [0.1, 0.15) is 18.0 Å². The summed E-state index contributed by atoms with van der Waals surface area (Å²) in [6.45, 7) is 4.89. The molecule has 1 fully saturated rings. The highest BCUT2D eigenvalue weighted by molar-refractivity contribution is 5.96. The Labute approximate surface area is 195 Å². The van der Waals surface area contributed by atoms with Crippen molar-refractivity contribution in [3.63, 3.8) is 0 Å². The number of hydrogen-bond donors (Lipinski definition) is 0. The van der Waals surface area contributed by atoms with E-state index in [1.807, 2.05) is 30.3 Å². The predicted octanol–water partition coefficient (Wildman–Crippen LogP) is 4.58. The van der Waals surface area contributed by atoms with E-state index in [0.29, 0.717) is 18.6 Å². The molecular weight excluding hydrogens is 451 g/mol. The van der Waals surface area contributed by atoms with E-state index in [1.54, 1.807) is 20.8 Å². The lowest BCUT2D eigenvalue weighted by atomic mass is 9.93. The van der Waals surface area contributed by atoms with Gasteiger partial charge in [-0.15, -0.1) is 0 Å². The van der Waals surface area contributed by atoms with Crippen LogP contribution in [0.3, 0.4) is 0 Å². The van der Waals surface area contributed by atoms with Crippen LogP contribution in [-0.2, 0) is 31.9 Å². The summed E-state index contributed by atoms with van der Waals surface area (Å²) < 4.78 is 51.9. The Bertz CT molecular complexity index is 1070. The zero-order valence-corrected chi connectivity index (χ0v) is 19.1. The zero-order valence-electron chi connectivity index (χ0n) is 19.1. The number of halogens is 3. The number of carbonyl (C=O) groups excluding carboxylic acids is 3. The van der Waals surface area contributed by atoms with Crippen LogP contribution in [-0.4, -0.2) is 41.1 Å². The van der Waals surface area contributed by atoms with Crippen LogP contribution in [0.5, 0.6) is 0 Å². The van der Waals surface area contributed by atoms with Crippen LogP contribution in [0.25, 0.3) is 0 Å². The Kier molecular flexibility index (Phi) is 7.64. The van der Waals surface area contributed by atoms with Crippen LogP contribution in [0.2, 0.25) is 0 Å². The molecule has 0 saturated carbocycles. The molecule has 182 valence electrons. The summed E-state index contributed by atoms with van der Waals surface area (Å²) >= 11 is 0. The lowest BCUT2D eigenvalue weighted by molar-refractivity contribution is -0.158. The molecule has 0 aromatic heterocycles. The number of nitrogens with zero attached hydrogens (tertiary/aromatic N) is 1. The molecule has 3 rings (SSSR count). The molecule has 2 amide bonds. The fraction of sp³-hybridized carbons (Fsp3) is 0.400. The quantitative estimate of drug-likeness (QED) is 0.431. The van der Waals surface area contributed by atoms with Gasteiger partial charge in [0.15, 0.2) is 11.6 Å². The summed E-state index contributed by atoms with van der Waals surface area (Å²) in [5, 5.41) is 0. The summed E-state index contributed by atoms with van der Waals surface area (Å²) in [5.41, 5.74) is -0.285. The molecule has 0 bridgehead atoms. The van der Waals surface area contributed by atoms with Crippen LogP contribution in [0.4, 0.5) is 18.0 Å². The first-order chi connectivity index (χ1) is 15.9. The second-order valence-electron chi connectivity index (χ2n) is 9.18. The zero-order chi connectivity index (χ0) is 25.0. The first kappa shape index (κ1) is 25.3. The molecule has 1 heterocycles. The van der Waals surface area contributed by atoms with E-state index in [2.05, 4.69) is 0 Å². The van der Waals surface area contributed by atoms with E-state index in [4.69, 9.17) is 9.47 Å². The topological polar surface area (TPSA) is 72.9 Å². The lowest BCUT2D eigenvalue weighted by Crippen LogP contribution is -2.45. The van der Waals surface area contributed by atoms with Gasteiger partial charge in [-0.1, -0.05) is 30.3 Å². The van der Waals surface area contributed by atoms with Gasteiger partial charge >= 0.3 is 12.1 Å². The third-order valence-corrected chi connectivity index (χ3v) is 5.25. The second kappa shape index (κ2) is 10.3. The SMILES string of the molecule is CC(C)(C)OC(=O)CC(Cc1cc(F)c(F)cc1F)C(=O)N1C(=O)OCC1Cc1ccccc1. The van der Waals surface area contributed by atoms with E-state index in [-0.39, 0.29) is 12.2 Å². The number of carbonyl (C=O) groups is 3. The summed E-state index contributed by atoms with van der Waals surface area (Å²) in [5.74, 6) is -6.52. The van der Waals surface area contributed by atoms with Crippen LogP contribution >= 0.6 is 0 Å². The fourth-order valence-corrected chi connectivity index (χ4v) is 3.78. The summed E-state index contributed by atoms with van der Waals surface area (Å²) in [6, 6.07) is 9.51. The summed E-state index contributed by atoms with van der Waals surface area (Å²) in [6.07, 6.45) is -1.50. The molecule has 0 spiro atoms. The summed E-state index contributed by atoms with van der Waals surface area (Å²) in [4.78, 5) is 39.3. The number of cyclic esters (lactones) is 1. The van der Waals surface area contributed by atoms with Crippen LogP contribution < -0.4 is 0 Å². The van der Waals surface area contributed by atoms with Gasteiger partial charge in [0.05, 0.1) is 18.4 Å². The Morgan fingerprint density at radius 2 is 1.74 bits per heavy atom. The number of amides is 2. The smallest absolute Gasteiger partial charge is 0.416 e. The van der Waals surface area contributed by atoms with Crippen molar-refractivity contribution in [1.82, 2.24) is 4.90 Å². The Hall–Kier alpha value is -3.36. The van der Waals surface area contributed by atoms with Crippen molar-refractivity contribution >= 4 is 18.0 Å². The predicted molar refractivity (Wildman–Crippen MR) is 116 cm³/mol. The van der Waals surface area contributed by atoms with Crippen molar-refractivity contribution < 1.29 is 37.0 Å². The van der Waals surface area contributed by atoms with Gasteiger partial charge < -0.3 is 9.47 Å². The van der Waals surface area contributed by atoms with Gasteiger partial charge in [-0.3, -0.25) is 9.59 Å². The van der Waals surface area contributed by atoms with Gasteiger partial charge in [0.25, 0.3) is 0 Å². The van der Waals surface area contributed by atoms with E-state index >= 15 is 0 Å². The molecular formula is C25H26F3NO5. The molecule has 2 aromatic rings. The monoisotopic (exact) mass is 477 g/mol. The number of imide groups is 1. The molecule has 9 heteroatoms. The average molecular weight is 477 g/mol. The van der Waals surface area contributed by atoms with Crippen LogP contribution in [0, 0.1) is 23.4 Å². The Balaban J connectivity index is 1.88. The largest absolute Gasteiger partial charge is 0.460 e. The van der Waals surface area contributed by atoms with Gasteiger partial charge in [0.2, 0.25) is 5.91 Å². The van der Waals surface area contributed by atoms with Crippen molar-refractivity contribution in [2.75, 3.05) is 6.61 Å². The van der Waals surface area contributed by atoms with Crippen molar-refractivity contribution in [2.24, 2.45) is 5.92 Å². The van der Waals surface area contributed by atoms with Gasteiger partial charge in [0, 0.05) is 6.07 Å². The molecule has 6 nitrogen and oxygen atoms in total. The van der Waals surface area contributed by atoms with E-state index < -0.39 is 65.8 Å². The van der Waals surface area contributed by atoms with E-state index in [1.165, 1.54) is 0 Å². The standard InChI is InChI=1S/C25H26F3NO5/c1-25(2,3)34-22(30)12-17(10-16-11-20(27)21(28)13-19(16)26)23(31)29-18(14-33-24(29)32)9-15-7-5-4-6-8-15/h4-8,11,13,17-18H,9-10,12,14H2,1-3H3. The molecule has 2 unspecified atom stereocenters. The maximum Gasteiger partial charge on any atom is 0.416 e. The van der Waals surface area contributed by atoms with E-state index in [9.17, 15) is 27.6 Å². The van der Waals surface area contributed by atoms with Gasteiger partial charge in [-0.25, -0.2) is 22.9 Å². The first-order valence-corrected chi connectivity index (χ1v) is 10.8. The molecule has 1 saturated heterocycles. The minimum atomic E-state index is -1.37. The van der Waals surface area contributed by atoms with Crippen molar-refractivity contribution in [1.29, 1.82) is 0 Å². The van der Waals surface area contributed by atoms with Crippen molar-refractivity contribution in [3.05, 3.63) is 71.0 Å². The molecule has 1 aliphatic heterocycles. The molecule has 0 radical (unpaired) electrons. The number of ether oxygens (including phenoxy) is 2. The highest BCUT2D eigenvalue weighted by atomic mass is 19.2. The van der Waals surface area contributed by atoms with Crippen molar-refractivity contribution in [2.45, 2.75) is 51.7 Å². The fourth-order valence-electron chi connectivity index (χ4n) is 3.78. The number of esters is 1. The second-order valence-corrected chi connectivity index (χ2v) is 9.18. The van der Waals surface area contributed by atoms with E-state index in [0.717, 1.165) is 10.5 Å².